The van der Waals surface area contributed by atoms with Gasteiger partial charge in [0.25, 0.3) is 0 Å². The number of benzene rings is 6. The molecule has 0 atom stereocenters. The quantitative estimate of drug-likeness (QED) is 0.160. The Morgan fingerprint density at radius 3 is 1.17 bits per heavy atom. The van der Waals surface area contributed by atoms with Gasteiger partial charge in [0.05, 0.1) is 27.6 Å². The first-order chi connectivity index (χ1) is 31.8. The second-order valence-corrected chi connectivity index (χ2v) is 15.8. The Morgan fingerprint density at radius 2 is 0.734 bits per heavy atom. The highest BCUT2D eigenvalue weighted by Gasteiger charge is 2.29. The summed E-state index contributed by atoms with van der Waals surface area (Å²) in [5, 5.41) is 16.1. The Bertz CT molecular complexity index is 3640. The van der Waals surface area contributed by atoms with Gasteiger partial charge in [-0.2, -0.15) is 5.26 Å². The van der Waals surface area contributed by atoms with Gasteiger partial charge < -0.3 is 9.13 Å². The molecular weight excluding hydrogens is 783 g/mol. The Kier molecular flexibility index (Phi) is 8.73. The van der Waals surface area contributed by atoms with E-state index in [2.05, 4.69) is 163 Å². The molecule has 0 unspecified atom stereocenters. The molecule has 12 aromatic rings. The standard InChI is InChI=1S/C57H35N7/c58-32-48-53(38-12-8-26-59-33-38)56(40-14-10-28-61-35-40)55(57(41-15-11-29-62-36-41)54(48)39-13-9-27-60-34-39)37-22-24-43(25-23-37)64-50-21-7-5-19-45(50)47-30-46-44-18-4-6-20-49(44)63(51(46)31-52(47)64)42-16-2-1-3-17-42/h1-31,33-36H. The molecule has 6 aromatic carbocycles. The smallest absolute Gasteiger partial charge is 0.100 e. The maximum Gasteiger partial charge on any atom is 0.100 e. The molecule has 12 rings (SSSR count). The molecule has 0 fully saturated rings. The van der Waals surface area contributed by atoms with Crippen molar-refractivity contribution in [3.8, 4) is 73.1 Å². The summed E-state index contributed by atoms with van der Waals surface area (Å²) in [6.07, 6.45) is 14.5. The molecule has 0 aliphatic carbocycles. The van der Waals surface area contributed by atoms with E-state index in [-0.39, 0.29) is 0 Å². The molecule has 298 valence electrons. The zero-order valence-electron chi connectivity index (χ0n) is 34.3. The topological polar surface area (TPSA) is 85.2 Å². The highest BCUT2D eigenvalue weighted by atomic mass is 15.0. The number of pyridine rings is 4. The number of nitriles is 1. The lowest BCUT2D eigenvalue weighted by atomic mass is 9.76. The van der Waals surface area contributed by atoms with Crippen molar-refractivity contribution < 1.29 is 0 Å². The molecule has 7 nitrogen and oxygen atoms in total. The van der Waals surface area contributed by atoms with Gasteiger partial charge in [0.1, 0.15) is 6.07 Å². The molecule has 0 amide bonds. The van der Waals surface area contributed by atoms with E-state index in [1.165, 1.54) is 27.1 Å². The van der Waals surface area contributed by atoms with E-state index in [9.17, 15) is 5.26 Å². The summed E-state index contributed by atoms with van der Waals surface area (Å²) in [6, 6.07) is 60.0. The molecule has 0 saturated heterocycles. The van der Waals surface area contributed by atoms with E-state index in [0.717, 1.165) is 83.6 Å². The van der Waals surface area contributed by atoms with Gasteiger partial charge >= 0.3 is 0 Å². The van der Waals surface area contributed by atoms with Gasteiger partial charge in [-0.05, 0) is 83.9 Å². The van der Waals surface area contributed by atoms with Crippen LogP contribution in [0.5, 0.6) is 0 Å². The Balaban J connectivity index is 1.17. The van der Waals surface area contributed by atoms with Crippen molar-refractivity contribution in [3.05, 3.63) is 219 Å². The normalized spacial score (nSPS) is 11.4. The van der Waals surface area contributed by atoms with Gasteiger partial charge in [-0.1, -0.05) is 91.0 Å². The summed E-state index contributed by atoms with van der Waals surface area (Å²) in [7, 11) is 0. The molecule has 0 aliphatic rings. The van der Waals surface area contributed by atoms with Crippen molar-refractivity contribution in [1.29, 1.82) is 5.26 Å². The highest BCUT2D eigenvalue weighted by Crippen LogP contribution is 2.52. The first-order valence-electron chi connectivity index (χ1n) is 21.1. The fourth-order valence-electron chi connectivity index (χ4n) is 9.69. The van der Waals surface area contributed by atoms with Gasteiger partial charge in [0.15, 0.2) is 0 Å². The van der Waals surface area contributed by atoms with E-state index in [1.54, 1.807) is 24.8 Å². The summed E-state index contributed by atoms with van der Waals surface area (Å²) in [5.74, 6) is 0. The van der Waals surface area contributed by atoms with Crippen molar-refractivity contribution in [3.63, 3.8) is 0 Å². The Morgan fingerprint density at radius 1 is 0.328 bits per heavy atom. The monoisotopic (exact) mass is 817 g/mol. The van der Waals surface area contributed by atoms with Crippen molar-refractivity contribution in [1.82, 2.24) is 29.1 Å². The lowest BCUT2D eigenvalue weighted by Gasteiger charge is -2.25. The summed E-state index contributed by atoms with van der Waals surface area (Å²) in [4.78, 5) is 18.3. The lowest BCUT2D eigenvalue weighted by Crippen LogP contribution is -2.03. The van der Waals surface area contributed by atoms with E-state index >= 15 is 0 Å². The first kappa shape index (κ1) is 36.8. The van der Waals surface area contributed by atoms with Gasteiger partial charge in [-0.3, -0.25) is 19.9 Å². The van der Waals surface area contributed by atoms with Gasteiger partial charge in [0.2, 0.25) is 0 Å². The molecule has 6 heterocycles. The largest absolute Gasteiger partial charge is 0.309 e. The van der Waals surface area contributed by atoms with E-state index in [1.807, 2.05) is 61.2 Å². The number of para-hydroxylation sites is 3. The predicted octanol–water partition coefficient (Wildman–Crippen LogP) is 13.7. The summed E-state index contributed by atoms with van der Waals surface area (Å²) >= 11 is 0. The molecule has 0 aliphatic heterocycles. The molecule has 0 spiro atoms. The molecule has 6 aromatic heterocycles. The third kappa shape index (κ3) is 5.82. The maximum absolute atomic E-state index is 11.3. The van der Waals surface area contributed by atoms with Gasteiger partial charge in [-0.25, -0.2) is 0 Å². The summed E-state index contributed by atoms with van der Waals surface area (Å²) in [5.41, 5.74) is 15.8. The van der Waals surface area contributed by atoms with Crippen molar-refractivity contribution in [2.45, 2.75) is 0 Å². The number of aromatic nitrogens is 6. The van der Waals surface area contributed by atoms with E-state index in [4.69, 9.17) is 0 Å². The average molecular weight is 818 g/mol. The molecular formula is C57H35N7. The van der Waals surface area contributed by atoms with Crippen LogP contribution >= 0.6 is 0 Å². The van der Waals surface area contributed by atoms with Crippen molar-refractivity contribution >= 4 is 43.6 Å². The van der Waals surface area contributed by atoms with Crippen LogP contribution in [0.1, 0.15) is 5.56 Å². The number of nitrogens with zero attached hydrogens (tertiary/aromatic N) is 7. The zero-order chi connectivity index (χ0) is 42.6. The maximum atomic E-state index is 11.3. The number of hydrogen-bond donors (Lipinski definition) is 0. The fourth-order valence-corrected chi connectivity index (χ4v) is 9.69. The third-order valence-electron chi connectivity index (χ3n) is 12.3. The molecule has 7 heteroatoms. The Labute approximate surface area is 368 Å². The summed E-state index contributed by atoms with van der Waals surface area (Å²) in [6.45, 7) is 0. The van der Waals surface area contributed by atoms with Gasteiger partial charge in [-0.15, -0.1) is 0 Å². The van der Waals surface area contributed by atoms with Gasteiger partial charge in [0, 0.05) is 127 Å². The predicted molar refractivity (Wildman–Crippen MR) is 258 cm³/mol. The zero-order valence-corrected chi connectivity index (χ0v) is 34.3. The first-order valence-corrected chi connectivity index (χ1v) is 21.1. The van der Waals surface area contributed by atoms with Crippen LogP contribution in [0, 0.1) is 11.3 Å². The van der Waals surface area contributed by atoms with E-state index < -0.39 is 0 Å². The van der Waals surface area contributed by atoms with Crippen LogP contribution in [-0.4, -0.2) is 29.1 Å². The second-order valence-electron chi connectivity index (χ2n) is 15.8. The molecule has 0 radical (unpaired) electrons. The molecule has 0 saturated carbocycles. The number of rotatable bonds is 7. The van der Waals surface area contributed by atoms with Crippen LogP contribution in [0.3, 0.4) is 0 Å². The van der Waals surface area contributed by atoms with Crippen molar-refractivity contribution in [2.24, 2.45) is 0 Å². The summed E-state index contributed by atoms with van der Waals surface area (Å²) < 4.78 is 4.76. The van der Waals surface area contributed by atoms with Crippen LogP contribution in [0.25, 0.3) is 111 Å². The SMILES string of the molecule is N#Cc1c(-c2cccnc2)c(-c2cccnc2)c(-c2ccc(-n3c4ccccc4c4cc5c6ccccc6n(-c6ccccc6)c5cc43)cc2)c(-c2cccnc2)c1-c1cccnc1. The van der Waals surface area contributed by atoms with Crippen LogP contribution < -0.4 is 0 Å². The Hall–Kier alpha value is -8.99. The van der Waals surface area contributed by atoms with Crippen LogP contribution in [-0.2, 0) is 0 Å². The second kappa shape index (κ2) is 15.2. The number of fused-ring (bicyclic) bond motifs is 6. The minimum absolute atomic E-state index is 0.517. The molecule has 0 N–H and O–H groups in total. The lowest BCUT2D eigenvalue weighted by molar-refractivity contribution is 1.16. The fraction of sp³-hybridized carbons (Fsp3) is 0. The third-order valence-corrected chi connectivity index (χ3v) is 12.3. The highest BCUT2D eigenvalue weighted by molar-refractivity contribution is 6.19. The van der Waals surface area contributed by atoms with Crippen LogP contribution in [0.4, 0.5) is 0 Å². The van der Waals surface area contributed by atoms with Crippen LogP contribution in [0.2, 0.25) is 0 Å². The molecule has 0 bridgehead atoms. The number of hydrogen-bond acceptors (Lipinski definition) is 5. The van der Waals surface area contributed by atoms with E-state index in [0.29, 0.717) is 5.56 Å². The molecule has 64 heavy (non-hydrogen) atoms. The minimum Gasteiger partial charge on any atom is -0.309 e. The van der Waals surface area contributed by atoms with Crippen molar-refractivity contribution in [2.75, 3.05) is 0 Å². The average Bonchev–Trinajstić information content (AvgIpc) is 3.88. The van der Waals surface area contributed by atoms with Crippen LogP contribution in [0.15, 0.2) is 213 Å². The minimum atomic E-state index is 0.517.